The number of sulfonamides is 1. The van der Waals surface area contributed by atoms with Gasteiger partial charge >= 0.3 is 0 Å². The summed E-state index contributed by atoms with van der Waals surface area (Å²) >= 11 is 1.51. The van der Waals surface area contributed by atoms with Crippen LogP contribution in [0.15, 0.2) is 77.7 Å². The smallest absolute Gasteiger partial charge is 0.260 e. The number of nitrogens with zero attached hydrogens (tertiary/aromatic N) is 4. The second-order valence-electron chi connectivity index (χ2n) is 10.2. The van der Waals surface area contributed by atoms with Crippen LogP contribution in [0.3, 0.4) is 0 Å². The van der Waals surface area contributed by atoms with Crippen LogP contribution < -0.4 is 4.90 Å². The number of morpholine rings is 1. The molecule has 0 radical (unpaired) electrons. The van der Waals surface area contributed by atoms with Gasteiger partial charge < -0.3 is 4.74 Å². The molecule has 216 valence electrons. The van der Waals surface area contributed by atoms with Gasteiger partial charge in [0.05, 0.1) is 28.3 Å². The predicted octanol–water partition coefficient (Wildman–Crippen LogP) is 5.05. The molecule has 1 amide bonds. The summed E-state index contributed by atoms with van der Waals surface area (Å²) in [6.45, 7) is 7.00. The standard InChI is InChI=1S/C31H36N4O4S2/c1-3-24-10-15-28-29(22-24)40-31(32-28)35(17-7-16-34-18-20-39-21-19-34)30(36)26-11-13-27(14-12-26)41(37,38)33(2)23-25-8-5-4-6-9-25/h4-6,8-15,22H,3,7,16-21,23H2,1-2H3. The van der Waals surface area contributed by atoms with Gasteiger partial charge in [-0.2, -0.15) is 4.31 Å². The molecule has 0 N–H and O–H groups in total. The molecule has 2 heterocycles. The Morgan fingerprint density at radius 1 is 1.00 bits per heavy atom. The minimum atomic E-state index is -3.72. The lowest BCUT2D eigenvalue weighted by Gasteiger charge is -2.27. The van der Waals surface area contributed by atoms with Gasteiger partial charge in [0.1, 0.15) is 0 Å². The van der Waals surface area contributed by atoms with Crippen molar-refractivity contribution in [1.82, 2.24) is 14.2 Å². The number of carbonyl (C=O) groups is 1. The number of ether oxygens (including phenoxy) is 1. The molecule has 1 aliphatic rings. The van der Waals surface area contributed by atoms with Crippen LogP contribution in [0.4, 0.5) is 5.13 Å². The van der Waals surface area contributed by atoms with Crippen LogP contribution in [0.25, 0.3) is 10.2 Å². The normalized spacial score (nSPS) is 14.5. The second kappa shape index (κ2) is 13.2. The van der Waals surface area contributed by atoms with E-state index in [1.807, 2.05) is 36.4 Å². The van der Waals surface area contributed by atoms with E-state index in [0.29, 0.717) is 17.2 Å². The minimum Gasteiger partial charge on any atom is -0.379 e. The maximum Gasteiger partial charge on any atom is 0.260 e. The fraction of sp³-hybridized carbons (Fsp3) is 0.355. The lowest BCUT2D eigenvalue weighted by atomic mass is 10.2. The van der Waals surface area contributed by atoms with Gasteiger partial charge in [0.25, 0.3) is 5.91 Å². The highest BCUT2D eigenvalue weighted by molar-refractivity contribution is 7.89. The molecule has 0 spiro atoms. The molecule has 10 heteroatoms. The number of carbonyl (C=O) groups excluding carboxylic acids is 1. The first-order valence-corrected chi connectivity index (χ1v) is 16.2. The van der Waals surface area contributed by atoms with E-state index in [-0.39, 0.29) is 17.3 Å². The van der Waals surface area contributed by atoms with Crippen molar-refractivity contribution in [2.75, 3.05) is 51.3 Å². The molecule has 41 heavy (non-hydrogen) atoms. The summed E-state index contributed by atoms with van der Waals surface area (Å²) < 4.78 is 34.3. The third-order valence-corrected chi connectivity index (χ3v) is 10.2. The van der Waals surface area contributed by atoms with E-state index >= 15 is 0 Å². The zero-order chi connectivity index (χ0) is 28.8. The van der Waals surface area contributed by atoms with Gasteiger partial charge in [0, 0.05) is 45.3 Å². The molecule has 1 aliphatic heterocycles. The molecule has 0 unspecified atom stereocenters. The van der Waals surface area contributed by atoms with E-state index in [2.05, 4.69) is 24.0 Å². The van der Waals surface area contributed by atoms with E-state index in [1.54, 1.807) is 24.1 Å². The Labute approximate surface area is 246 Å². The molecule has 4 aromatic rings. The molecular formula is C31H36N4O4S2. The Balaban J connectivity index is 1.36. The van der Waals surface area contributed by atoms with Gasteiger partial charge in [0.15, 0.2) is 5.13 Å². The van der Waals surface area contributed by atoms with E-state index < -0.39 is 10.0 Å². The summed E-state index contributed by atoms with van der Waals surface area (Å²) in [7, 11) is -2.16. The van der Waals surface area contributed by atoms with Crippen LogP contribution in [0.1, 0.15) is 34.8 Å². The van der Waals surface area contributed by atoms with Crippen molar-refractivity contribution < 1.29 is 17.9 Å². The van der Waals surface area contributed by atoms with E-state index in [9.17, 15) is 13.2 Å². The van der Waals surface area contributed by atoms with Crippen molar-refractivity contribution in [2.24, 2.45) is 0 Å². The van der Waals surface area contributed by atoms with Crippen LogP contribution in [0.2, 0.25) is 0 Å². The molecule has 1 fully saturated rings. The first-order valence-electron chi connectivity index (χ1n) is 14.0. The Morgan fingerprint density at radius 2 is 1.73 bits per heavy atom. The number of aromatic nitrogens is 1. The number of hydrogen-bond donors (Lipinski definition) is 0. The highest BCUT2D eigenvalue weighted by Crippen LogP contribution is 2.31. The van der Waals surface area contributed by atoms with E-state index in [1.165, 1.54) is 33.3 Å². The van der Waals surface area contributed by atoms with Gasteiger partial charge in [-0.15, -0.1) is 0 Å². The minimum absolute atomic E-state index is 0.151. The first-order chi connectivity index (χ1) is 19.8. The molecule has 0 aliphatic carbocycles. The van der Waals surface area contributed by atoms with Crippen LogP contribution in [0.5, 0.6) is 0 Å². The number of thiazole rings is 1. The second-order valence-corrected chi connectivity index (χ2v) is 13.2. The van der Waals surface area contributed by atoms with Gasteiger partial charge in [-0.3, -0.25) is 14.6 Å². The largest absolute Gasteiger partial charge is 0.379 e. The Kier molecular flexibility index (Phi) is 9.46. The molecule has 8 nitrogen and oxygen atoms in total. The number of amides is 1. The quantitative estimate of drug-likeness (QED) is 0.243. The van der Waals surface area contributed by atoms with Crippen molar-refractivity contribution in [3.8, 4) is 0 Å². The van der Waals surface area contributed by atoms with Crippen LogP contribution in [0, 0.1) is 0 Å². The Morgan fingerprint density at radius 3 is 2.44 bits per heavy atom. The van der Waals surface area contributed by atoms with Gasteiger partial charge in [-0.05, 0) is 60.4 Å². The maximum atomic E-state index is 13.9. The fourth-order valence-corrected chi connectivity index (χ4v) is 7.10. The fourth-order valence-electron chi connectivity index (χ4n) is 4.88. The first kappa shape index (κ1) is 29.3. The van der Waals surface area contributed by atoms with Gasteiger partial charge in [0.2, 0.25) is 10.0 Å². The third-order valence-electron chi connectivity index (χ3n) is 7.34. The molecular weight excluding hydrogens is 556 g/mol. The molecule has 1 saturated heterocycles. The number of rotatable bonds is 11. The van der Waals surface area contributed by atoms with Crippen molar-refractivity contribution in [3.05, 3.63) is 89.5 Å². The summed E-state index contributed by atoms with van der Waals surface area (Å²) in [6, 6.07) is 21.9. The van der Waals surface area contributed by atoms with Gasteiger partial charge in [-0.1, -0.05) is 54.7 Å². The number of anilines is 1. The summed E-state index contributed by atoms with van der Waals surface area (Å²) in [5, 5.41) is 0.652. The van der Waals surface area contributed by atoms with Crippen LogP contribution in [-0.4, -0.2) is 75.0 Å². The SMILES string of the molecule is CCc1ccc2nc(N(CCCN3CCOCC3)C(=O)c3ccc(S(=O)(=O)N(C)Cc4ccccc4)cc3)sc2c1. The van der Waals surface area contributed by atoms with Crippen molar-refractivity contribution in [1.29, 1.82) is 0 Å². The average Bonchev–Trinajstić information content (AvgIpc) is 3.43. The number of benzene rings is 3. The number of fused-ring (bicyclic) bond motifs is 1. The van der Waals surface area contributed by atoms with Crippen LogP contribution in [-0.2, 0) is 27.7 Å². The van der Waals surface area contributed by atoms with Crippen molar-refractivity contribution in [2.45, 2.75) is 31.2 Å². The molecule has 0 bridgehead atoms. The molecule has 3 aromatic carbocycles. The van der Waals surface area contributed by atoms with E-state index in [4.69, 9.17) is 9.72 Å². The summed E-state index contributed by atoms with van der Waals surface area (Å²) in [4.78, 5) is 22.9. The number of hydrogen-bond acceptors (Lipinski definition) is 7. The average molecular weight is 593 g/mol. The molecule has 0 atom stereocenters. The predicted molar refractivity (Wildman–Crippen MR) is 164 cm³/mol. The monoisotopic (exact) mass is 592 g/mol. The third kappa shape index (κ3) is 7.02. The maximum absolute atomic E-state index is 13.9. The lowest BCUT2D eigenvalue weighted by molar-refractivity contribution is 0.0376. The van der Waals surface area contributed by atoms with Crippen LogP contribution >= 0.6 is 11.3 Å². The van der Waals surface area contributed by atoms with E-state index in [0.717, 1.165) is 61.5 Å². The van der Waals surface area contributed by atoms with Crippen molar-refractivity contribution in [3.63, 3.8) is 0 Å². The Hall–Kier alpha value is -3.15. The zero-order valence-electron chi connectivity index (χ0n) is 23.5. The summed E-state index contributed by atoms with van der Waals surface area (Å²) in [5.74, 6) is -0.191. The van der Waals surface area contributed by atoms with Gasteiger partial charge in [-0.25, -0.2) is 13.4 Å². The topological polar surface area (TPSA) is 83.0 Å². The molecule has 1 aromatic heterocycles. The van der Waals surface area contributed by atoms with Crippen molar-refractivity contribution >= 4 is 42.6 Å². The Bertz CT molecular complexity index is 1570. The lowest BCUT2D eigenvalue weighted by Crippen LogP contribution is -2.39. The highest BCUT2D eigenvalue weighted by Gasteiger charge is 2.25. The zero-order valence-corrected chi connectivity index (χ0v) is 25.2. The summed E-state index contributed by atoms with van der Waals surface area (Å²) in [6.07, 6.45) is 1.72. The molecule has 0 saturated carbocycles. The number of aryl methyl sites for hydroxylation is 1. The summed E-state index contributed by atoms with van der Waals surface area (Å²) in [5.41, 5.74) is 3.43. The highest BCUT2D eigenvalue weighted by atomic mass is 32.2. The molecule has 5 rings (SSSR count).